The maximum absolute atomic E-state index is 12.5. The third-order valence-corrected chi connectivity index (χ3v) is 10.7. The number of carbonyl (C=O) groups excluding carboxylic acids is 2. The first-order valence-corrected chi connectivity index (χ1v) is 20.1. The number of hydrogen-bond acceptors (Lipinski definition) is 4. The number of benzene rings is 4. The van der Waals surface area contributed by atoms with Crippen LogP contribution < -0.4 is 10.6 Å². The van der Waals surface area contributed by atoms with Gasteiger partial charge in [-0.25, -0.2) is 0 Å². The van der Waals surface area contributed by atoms with Gasteiger partial charge < -0.3 is 20.6 Å². The number of aromatic amines is 2. The van der Waals surface area contributed by atoms with Crippen LogP contribution in [0.1, 0.15) is 78.3 Å². The lowest BCUT2D eigenvalue weighted by Gasteiger charge is -2.27. The molecule has 2 amide bonds. The molecule has 0 saturated carbocycles. The second-order valence-corrected chi connectivity index (χ2v) is 15.3. The number of fused-ring (bicyclic) bond motifs is 2. The molecule has 0 spiro atoms. The van der Waals surface area contributed by atoms with E-state index in [0.717, 1.165) is 73.4 Å². The summed E-state index contributed by atoms with van der Waals surface area (Å²) in [5.74, 6) is 0.526. The summed E-state index contributed by atoms with van der Waals surface area (Å²) in [5.41, 5.74) is 10.4. The molecule has 288 valence electrons. The zero-order chi connectivity index (χ0) is 38.9. The van der Waals surface area contributed by atoms with E-state index in [-0.39, 0.29) is 11.8 Å². The zero-order valence-electron chi connectivity index (χ0n) is 32.9. The van der Waals surface area contributed by atoms with Crippen LogP contribution in [0.25, 0.3) is 33.0 Å². The predicted molar refractivity (Wildman–Crippen MR) is 233 cm³/mol. The maximum Gasteiger partial charge on any atom is 0.255 e. The second-order valence-electron chi connectivity index (χ2n) is 15.3. The standard InChI is InChI=1S/2C24H27N3O/c1-17(2)16-27-12-10-18(11-13-27)22-15-25-23-9-8-20(14-21(22)23)26-24(28)19-6-4-3-5-7-19;1-2-3-13-27-14-11-18(12-15-27)22-17-25-23-10-9-20(16-21(22)23)26-24(28)19-7-5-4-6-8-19/h3-10,14-15,17,25H,11-13,16H2,1-2H3,(H,26,28);4-11,16-17,25H,2-3,12-15H2,1H3,(H,26,28). The van der Waals surface area contributed by atoms with E-state index in [1.54, 1.807) is 0 Å². The molecule has 0 radical (unpaired) electrons. The fourth-order valence-electron chi connectivity index (χ4n) is 7.69. The molecule has 2 aromatic heterocycles. The Kier molecular flexibility index (Phi) is 12.6. The normalized spacial score (nSPS) is 14.9. The van der Waals surface area contributed by atoms with Crippen molar-refractivity contribution < 1.29 is 9.59 Å². The Labute approximate surface area is 330 Å². The Morgan fingerprint density at radius 1 is 0.661 bits per heavy atom. The summed E-state index contributed by atoms with van der Waals surface area (Å²) in [6.07, 6.45) is 13.5. The van der Waals surface area contributed by atoms with Crippen LogP contribution in [0.2, 0.25) is 0 Å². The van der Waals surface area contributed by atoms with Gasteiger partial charge in [0.1, 0.15) is 0 Å². The van der Waals surface area contributed by atoms with Gasteiger partial charge in [-0.3, -0.25) is 19.4 Å². The molecule has 8 rings (SSSR count). The van der Waals surface area contributed by atoms with E-state index in [1.807, 2.05) is 84.9 Å². The Morgan fingerprint density at radius 2 is 1.14 bits per heavy atom. The monoisotopic (exact) mass is 746 g/mol. The highest BCUT2D eigenvalue weighted by molar-refractivity contribution is 6.07. The highest BCUT2D eigenvalue weighted by Crippen LogP contribution is 2.33. The molecule has 4 aromatic carbocycles. The average molecular weight is 747 g/mol. The molecule has 8 heteroatoms. The van der Waals surface area contributed by atoms with E-state index in [9.17, 15) is 9.59 Å². The van der Waals surface area contributed by atoms with Crippen LogP contribution in [-0.2, 0) is 0 Å². The van der Waals surface area contributed by atoms with Gasteiger partial charge in [-0.15, -0.1) is 0 Å². The van der Waals surface area contributed by atoms with Crippen molar-refractivity contribution in [2.45, 2.75) is 46.5 Å². The molecule has 0 unspecified atom stereocenters. The molecule has 0 bridgehead atoms. The summed E-state index contributed by atoms with van der Waals surface area (Å²) in [7, 11) is 0. The van der Waals surface area contributed by atoms with Crippen molar-refractivity contribution in [2.24, 2.45) is 5.92 Å². The number of aromatic nitrogens is 2. The predicted octanol–water partition coefficient (Wildman–Crippen LogP) is 10.5. The quantitative estimate of drug-likeness (QED) is 0.106. The van der Waals surface area contributed by atoms with Gasteiger partial charge in [0, 0.05) is 101 Å². The molecule has 2 aliphatic heterocycles. The molecule has 6 aromatic rings. The highest BCUT2D eigenvalue weighted by Gasteiger charge is 2.18. The molecular weight excluding hydrogens is 693 g/mol. The summed E-state index contributed by atoms with van der Waals surface area (Å²) < 4.78 is 0. The zero-order valence-corrected chi connectivity index (χ0v) is 32.9. The Balaban J connectivity index is 0.000000172. The van der Waals surface area contributed by atoms with Gasteiger partial charge in [0.15, 0.2) is 0 Å². The van der Waals surface area contributed by atoms with Crippen LogP contribution in [0.3, 0.4) is 0 Å². The first kappa shape index (κ1) is 38.6. The number of rotatable bonds is 11. The number of nitrogens with one attached hydrogen (secondary N) is 4. The van der Waals surface area contributed by atoms with Gasteiger partial charge in [-0.2, -0.15) is 0 Å². The number of amides is 2. The summed E-state index contributed by atoms with van der Waals surface area (Å²) in [4.78, 5) is 36.7. The van der Waals surface area contributed by atoms with Crippen LogP contribution in [0.15, 0.2) is 122 Å². The molecule has 4 heterocycles. The van der Waals surface area contributed by atoms with Gasteiger partial charge in [0.2, 0.25) is 0 Å². The molecule has 8 nitrogen and oxygen atoms in total. The number of H-pyrrole nitrogens is 2. The summed E-state index contributed by atoms with van der Waals surface area (Å²) in [6.45, 7) is 13.3. The minimum Gasteiger partial charge on any atom is -0.361 e. The third-order valence-electron chi connectivity index (χ3n) is 10.7. The van der Waals surface area contributed by atoms with E-state index in [4.69, 9.17) is 0 Å². The largest absolute Gasteiger partial charge is 0.361 e. The van der Waals surface area contributed by atoms with Crippen LogP contribution in [0.4, 0.5) is 11.4 Å². The lowest BCUT2D eigenvalue weighted by molar-refractivity contribution is 0.101. The SMILES string of the molecule is CC(C)CN1CC=C(c2c[nH]c3ccc(NC(=O)c4ccccc4)cc23)CC1.CCCCN1CC=C(c2c[nH]c3ccc(NC(=O)c4ccccc4)cc23)CC1. The van der Waals surface area contributed by atoms with Crippen LogP contribution in [0.5, 0.6) is 0 Å². The van der Waals surface area contributed by atoms with Crippen molar-refractivity contribution in [1.29, 1.82) is 0 Å². The van der Waals surface area contributed by atoms with E-state index < -0.39 is 0 Å². The Hall–Kier alpha value is -5.70. The smallest absolute Gasteiger partial charge is 0.255 e. The molecular formula is C48H54N6O2. The lowest BCUT2D eigenvalue weighted by Crippen LogP contribution is -2.31. The van der Waals surface area contributed by atoms with Crippen molar-refractivity contribution in [1.82, 2.24) is 19.8 Å². The number of hydrogen-bond donors (Lipinski definition) is 4. The number of unbranched alkanes of at least 4 members (excludes halogenated alkanes) is 1. The fraction of sp³-hybridized carbons (Fsp3) is 0.292. The third kappa shape index (κ3) is 9.56. The van der Waals surface area contributed by atoms with Crippen LogP contribution in [0, 0.1) is 5.92 Å². The highest BCUT2D eigenvalue weighted by atomic mass is 16.2. The van der Waals surface area contributed by atoms with Gasteiger partial charge in [-0.05, 0) is 104 Å². The number of nitrogens with zero attached hydrogens (tertiary/aromatic N) is 2. The molecule has 0 atom stereocenters. The molecule has 56 heavy (non-hydrogen) atoms. The van der Waals surface area contributed by atoms with Crippen molar-refractivity contribution in [3.63, 3.8) is 0 Å². The summed E-state index contributed by atoms with van der Waals surface area (Å²) >= 11 is 0. The van der Waals surface area contributed by atoms with Gasteiger partial charge >= 0.3 is 0 Å². The Morgan fingerprint density at radius 3 is 1.57 bits per heavy atom. The second kappa shape index (κ2) is 18.3. The molecule has 0 fully saturated rings. The molecule has 0 saturated heterocycles. The molecule has 2 aliphatic rings. The van der Waals surface area contributed by atoms with Gasteiger partial charge in [0.25, 0.3) is 11.8 Å². The van der Waals surface area contributed by atoms with Gasteiger partial charge in [0.05, 0.1) is 0 Å². The van der Waals surface area contributed by atoms with Crippen LogP contribution >= 0.6 is 0 Å². The Bertz CT molecular complexity index is 2320. The first-order chi connectivity index (χ1) is 27.3. The minimum atomic E-state index is -0.0850. The topological polar surface area (TPSA) is 96.3 Å². The van der Waals surface area contributed by atoms with E-state index in [1.165, 1.54) is 47.0 Å². The lowest BCUT2D eigenvalue weighted by atomic mass is 9.98. The van der Waals surface area contributed by atoms with E-state index >= 15 is 0 Å². The van der Waals surface area contributed by atoms with Crippen molar-refractivity contribution in [3.05, 3.63) is 144 Å². The summed E-state index contributed by atoms with van der Waals surface area (Å²) in [6, 6.07) is 30.8. The molecule has 4 N–H and O–H groups in total. The maximum atomic E-state index is 12.5. The van der Waals surface area contributed by atoms with E-state index in [0.29, 0.717) is 17.0 Å². The summed E-state index contributed by atoms with van der Waals surface area (Å²) in [5, 5.41) is 8.37. The fourth-order valence-corrected chi connectivity index (χ4v) is 7.69. The number of carbonyl (C=O) groups is 2. The number of anilines is 2. The first-order valence-electron chi connectivity index (χ1n) is 20.1. The minimum absolute atomic E-state index is 0.0829. The van der Waals surface area contributed by atoms with Gasteiger partial charge in [-0.1, -0.05) is 75.7 Å². The van der Waals surface area contributed by atoms with Crippen molar-refractivity contribution in [2.75, 3.05) is 49.9 Å². The van der Waals surface area contributed by atoms with Crippen molar-refractivity contribution >= 4 is 56.1 Å². The molecule has 0 aliphatic carbocycles. The van der Waals surface area contributed by atoms with E-state index in [2.05, 4.69) is 87.9 Å². The van der Waals surface area contributed by atoms with Crippen LogP contribution in [-0.4, -0.2) is 70.9 Å². The average Bonchev–Trinajstić information content (AvgIpc) is 3.85. The van der Waals surface area contributed by atoms with Crippen molar-refractivity contribution in [3.8, 4) is 0 Å².